The average Bonchev–Trinajstić information content (AvgIpc) is 3.01. The topological polar surface area (TPSA) is 59.2 Å². The third-order valence-electron chi connectivity index (χ3n) is 4.43. The largest absolute Gasteiger partial charge is 0.441 e. The van der Waals surface area contributed by atoms with E-state index in [-0.39, 0.29) is 11.9 Å². The number of unbranched alkanes of at least 4 members (excludes halogenated alkanes) is 1. The molecule has 0 unspecified atom stereocenters. The van der Waals surface area contributed by atoms with Crippen LogP contribution < -0.4 is 0 Å². The quantitative estimate of drug-likeness (QED) is 0.663. The van der Waals surface area contributed by atoms with Crippen LogP contribution in [-0.4, -0.2) is 27.8 Å². The van der Waals surface area contributed by atoms with Crippen LogP contribution >= 0.6 is 0 Å². The van der Waals surface area contributed by atoms with Crippen molar-refractivity contribution in [3.8, 4) is 0 Å². The number of nitrogens with zero attached hydrogens (tertiary/aromatic N) is 3. The fourth-order valence-corrected chi connectivity index (χ4v) is 3.07. The van der Waals surface area contributed by atoms with E-state index >= 15 is 0 Å². The minimum absolute atomic E-state index is 0.00769. The molecule has 1 atom stereocenters. The number of oxazole rings is 1. The molecule has 0 fully saturated rings. The van der Waals surface area contributed by atoms with E-state index in [0.717, 1.165) is 30.3 Å². The van der Waals surface area contributed by atoms with Gasteiger partial charge in [0.25, 0.3) is 5.91 Å². The molecular weight excluding hydrogens is 314 g/mol. The molecule has 130 valence electrons. The molecule has 0 aliphatic heterocycles. The Balaban J connectivity index is 1.88. The molecule has 3 aromatic rings. The monoisotopic (exact) mass is 337 g/mol. The zero-order valence-electron chi connectivity index (χ0n) is 14.9. The van der Waals surface area contributed by atoms with Crippen LogP contribution in [0.25, 0.3) is 11.1 Å². The summed E-state index contributed by atoms with van der Waals surface area (Å²) in [5, 5.41) is 0. The number of aromatic nitrogens is 2. The summed E-state index contributed by atoms with van der Waals surface area (Å²) in [5.41, 5.74) is 3.08. The van der Waals surface area contributed by atoms with Crippen LogP contribution in [-0.2, 0) is 0 Å². The number of pyridine rings is 1. The van der Waals surface area contributed by atoms with Crippen molar-refractivity contribution in [3.63, 3.8) is 0 Å². The molecular formula is C20H23N3O2. The lowest BCUT2D eigenvalue weighted by atomic mass is 10.0. The Morgan fingerprint density at radius 1 is 1.32 bits per heavy atom. The molecule has 3 rings (SSSR count). The van der Waals surface area contributed by atoms with Crippen molar-refractivity contribution >= 4 is 17.0 Å². The first kappa shape index (κ1) is 17.1. The summed E-state index contributed by atoms with van der Waals surface area (Å²) < 4.78 is 5.56. The Hall–Kier alpha value is -2.69. The second-order valence-electron chi connectivity index (χ2n) is 6.28. The number of fused-ring (bicyclic) bond motifs is 1. The Morgan fingerprint density at radius 3 is 2.88 bits per heavy atom. The standard InChI is InChI=1S/C20H23N3O2/c1-4-5-8-18(16-7-6-11-21-13-16)23(3)20(24)15-9-10-17-19(12-15)25-14(2)22-17/h6-7,9-13,18H,4-5,8H2,1-3H3/t18-/m0/s1. The molecule has 1 amide bonds. The molecule has 0 aliphatic carbocycles. The van der Waals surface area contributed by atoms with Crippen molar-refractivity contribution in [1.29, 1.82) is 0 Å². The molecule has 0 bridgehead atoms. The number of benzene rings is 1. The fraction of sp³-hybridized carbons (Fsp3) is 0.350. The van der Waals surface area contributed by atoms with Gasteiger partial charge in [0, 0.05) is 31.9 Å². The highest BCUT2D eigenvalue weighted by Gasteiger charge is 2.23. The zero-order chi connectivity index (χ0) is 17.8. The second-order valence-corrected chi connectivity index (χ2v) is 6.28. The molecule has 2 heterocycles. The first-order valence-electron chi connectivity index (χ1n) is 8.64. The summed E-state index contributed by atoms with van der Waals surface area (Å²) in [6.07, 6.45) is 6.64. The van der Waals surface area contributed by atoms with Crippen LogP contribution in [0.3, 0.4) is 0 Å². The summed E-state index contributed by atoms with van der Waals surface area (Å²) in [5.74, 6) is 0.574. The smallest absolute Gasteiger partial charge is 0.254 e. The highest BCUT2D eigenvalue weighted by atomic mass is 16.3. The van der Waals surface area contributed by atoms with Gasteiger partial charge in [0.2, 0.25) is 0 Å². The average molecular weight is 337 g/mol. The van der Waals surface area contributed by atoms with Gasteiger partial charge in [-0.3, -0.25) is 9.78 Å². The van der Waals surface area contributed by atoms with E-state index < -0.39 is 0 Å². The summed E-state index contributed by atoms with van der Waals surface area (Å²) in [6.45, 7) is 3.96. The van der Waals surface area contributed by atoms with Crippen molar-refractivity contribution in [2.75, 3.05) is 7.05 Å². The minimum atomic E-state index is -0.0269. The molecule has 0 spiro atoms. The highest BCUT2D eigenvalue weighted by molar-refractivity contribution is 5.97. The number of aryl methyl sites for hydroxylation is 1. The molecule has 2 aromatic heterocycles. The lowest BCUT2D eigenvalue weighted by Crippen LogP contribution is -2.31. The molecule has 5 nitrogen and oxygen atoms in total. The Bertz CT molecular complexity index is 858. The number of carbonyl (C=O) groups excluding carboxylic acids is 1. The van der Waals surface area contributed by atoms with Crippen molar-refractivity contribution in [3.05, 3.63) is 59.7 Å². The van der Waals surface area contributed by atoms with Crippen LogP contribution in [0, 0.1) is 6.92 Å². The summed E-state index contributed by atoms with van der Waals surface area (Å²) in [6, 6.07) is 9.36. The van der Waals surface area contributed by atoms with Crippen LogP contribution in [0.4, 0.5) is 0 Å². The van der Waals surface area contributed by atoms with Crippen molar-refractivity contribution < 1.29 is 9.21 Å². The minimum Gasteiger partial charge on any atom is -0.441 e. The Kier molecular flexibility index (Phi) is 5.12. The van der Waals surface area contributed by atoms with Gasteiger partial charge in [-0.1, -0.05) is 25.8 Å². The molecule has 0 aliphatic rings. The lowest BCUT2D eigenvalue weighted by molar-refractivity contribution is 0.0720. The van der Waals surface area contributed by atoms with E-state index in [4.69, 9.17) is 4.42 Å². The van der Waals surface area contributed by atoms with E-state index in [2.05, 4.69) is 16.9 Å². The summed E-state index contributed by atoms with van der Waals surface area (Å²) in [7, 11) is 1.85. The maximum Gasteiger partial charge on any atom is 0.254 e. The normalized spacial score (nSPS) is 12.3. The molecule has 1 aromatic carbocycles. The van der Waals surface area contributed by atoms with Gasteiger partial charge >= 0.3 is 0 Å². The van der Waals surface area contributed by atoms with Gasteiger partial charge in [0.05, 0.1) is 6.04 Å². The second kappa shape index (κ2) is 7.47. The van der Waals surface area contributed by atoms with E-state index in [0.29, 0.717) is 17.0 Å². The fourth-order valence-electron chi connectivity index (χ4n) is 3.07. The molecule has 25 heavy (non-hydrogen) atoms. The highest BCUT2D eigenvalue weighted by Crippen LogP contribution is 2.27. The van der Waals surface area contributed by atoms with E-state index in [9.17, 15) is 4.79 Å². The van der Waals surface area contributed by atoms with Gasteiger partial charge in [-0.15, -0.1) is 0 Å². The maximum atomic E-state index is 13.0. The van der Waals surface area contributed by atoms with Crippen molar-refractivity contribution in [2.24, 2.45) is 0 Å². The van der Waals surface area contributed by atoms with Crippen LogP contribution in [0.15, 0.2) is 47.1 Å². The van der Waals surface area contributed by atoms with Gasteiger partial charge in [-0.25, -0.2) is 4.98 Å². The van der Waals surface area contributed by atoms with E-state index in [1.54, 1.807) is 24.1 Å². The van der Waals surface area contributed by atoms with E-state index in [1.807, 2.05) is 37.5 Å². The van der Waals surface area contributed by atoms with Crippen molar-refractivity contribution in [2.45, 2.75) is 39.2 Å². The Labute approximate surface area is 147 Å². The molecule has 5 heteroatoms. The molecule has 0 N–H and O–H groups in total. The first-order valence-corrected chi connectivity index (χ1v) is 8.64. The predicted octanol–water partition coefficient (Wildman–Crippen LogP) is 4.53. The number of rotatable bonds is 6. The molecule has 0 radical (unpaired) electrons. The maximum absolute atomic E-state index is 13.0. The van der Waals surface area contributed by atoms with Gasteiger partial charge in [-0.2, -0.15) is 0 Å². The SMILES string of the molecule is CCCC[C@@H](c1cccnc1)N(C)C(=O)c1ccc2nc(C)oc2c1. The van der Waals surface area contributed by atoms with Crippen molar-refractivity contribution in [1.82, 2.24) is 14.9 Å². The first-order chi connectivity index (χ1) is 12.1. The van der Waals surface area contributed by atoms with Crippen LogP contribution in [0.5, 0.6) is 0 Å². The number of amides is 1. The number of hydrogen-bond acceptors (Lipinski definition) is 4. The van der Waals surface area contributed by atoms with E-state index in [1.165, 1.54) is 0 Å². The summed E-state index contributed by atoms with van der Waals surface area (Å²) >= 11 is 0. The third kappa shape index (κ3) is 3.71. The molecule has 0 saturated carbocycles. The predicted molar refractivity (Wildman–Crippen MR) is 97.3 cm³/mol. The van der Waals surface area contributed by atoms with Gasteiger partial charge < -0.3 is 9.32 Å². The van der Waals surface area contributed by atoms with Crippen LogP contribution in [0.2, 0.25) is 0 Å². The number of hydrogen-bond donors (Lipinski definition) is 0. The lowest BCUT2D eigenvalue weighted by Gasteiger charge is -2.28. The van der Waals surface area contributed by atoms with Gasteiger partial charge in [0.15, 0.2) is 11.5 Å². The van der Waals surface area contributed by atoms with Gasteiger partial charge in [0.1, 0.15) is 5.52 Å². The zero-order valence-corrected chi connectivity index (χ0v) is 14.9. The van der Waals surface area contributed by atoms with Gasteiger partial charge in [-0.05, 0) is 36.2 Å². The molecule has 0 saturated heterocycles. The summed E-state index contributed by atoms with van der Waals surface area (Å²) in [4.78, 5) is 23.3. The Morgan fingerprint density at radius 2 is 2.16 bits per heavy atom. The third-order valence-corrected chi connectivity index (χ3v) is 4.43. The number of carbonyl (C=O) groups is 1. The van der Waals surface area contributed by atoms with Crippen LogP contribution in [0.1, 0.15) is 54.0 Å².